The predicted molar refractivity (Wildman–Crippen MR) is 65.3 cm³/mol. The summed E-state index contributed by atoms with van der Waals surface area (Å²) in [5.74, 6) is 0.0942. The molecule has 3 N–H and O–H groups in total. The Morgan fingerprint density at radius 3 is 2.53 bits per heavy atom. The lowest BCUT2D eigenvalue weighted by Crippen LogP contribution is -2.42. The minimum absolute atomic E-state index is 0.130. The zero-order valence-corrected chi connectivity index (χ0v) is 10.3. The van der Waals surface area contributed by atoms with Crippen LogP contribution in [0.5, 0.6) is 5.75 Å². The Labute approximate surface area is 101 Å². The third-order valence-corrected chi connectivity index (χ3v) is 2.52. The monoisotopic (exact) mass is 241 g/mol. The number of hydrogen-bond donors (Lipinski definition) is 2. The van der Waals surface area contributed by atoms with Crippen LogP contribution in [-0.4, -0.2) is 23.9 Å². The van der Waals surface area contributed by atoms with E-state index in [9.17, 15) is 9.50 Å². The van der Waals surface area contributed by atoms with Gasteiger partial charge < -0.3 is 15.6 Å². The molecule has 0 bridgehead atoms. The largest absolute Gasteiger partial charge is 0.483 e. The summed E-state index contributed by atoms with van der Waals surface area (Å²) in [6.45, 7) is 3.86. The van der Waals surface area contributed by atoms with Crippen LogP contribution in [0.2, 0.25) is 0 Å². The molecule has 0 fully saturated rings. The molecule has 0 spiro atoms. The fourth-order valence-corrected chi connectivity index (χ4v) is 1.66. The molecule has 0 heterocycles. The van der Waals surface area contributed by atoms with E-state index >= 15 is 0 Å². The van der Waals surface area contributed by atoms with E-state index in [4.69, 9.17) is 10.5 Å². The fraction of sp³-hybridized carbons (Fsp3) is 0.538. The number of rotatable bonds is 6. The van der Waals surface area contributed by atoms with Gasteiger partial charge in [0, 0.05) is 6.04 Å². The quantitative estimate of drug-likeness (QED) is 0.800. The lowest BCUT2D eigenvalue weighted by atomic mass is 10.0. The van der Waals surface area contributed by atoms with Crippen molar-refractivity contribution < 1.29 is 14.2 Å². The van der Waals surface area contributed by atoms with Crippen molar-refractivity contribution in [2.45, 2.75) is 32.4 Å². The Hall–Kier alpha value is -1.13. The summed E-state index contributed by atoms with van der Waals surface area (Å²) in [7, 11) is 0. The van der Waals surface area contributed by atoms with E-state index in [2.05, 4.69) is 0 Å². The summed E-state index contributed by atoms with van der Waals surface area (Å²) in [4.78, 5) is 0. The molecule has 0 radical (unpaired) electrons. The maximum atomic E-state index is 13.4. The van der Waals surface area contributed by atoms with E-state index < -0.39 is 11.9 Å². The van der Waals surface area contributed by atoms with Gasteiger partial charge in [0.05, 0.1) is 6.61 Å². The van der Waals surface area contributed by atoms with Crippen LogP contribution in [0.1, 0.15) is 20.3 Å². The van der Waals surface area contributed by atoms with E-state index in [0.29, 0.717) is 5.92 Å². The molecule has 17 heavy (non-hydrogen) atoms. The number of benzene rings is 1. The molecule has 0 aliphatic rings. The average molecular weight is 241 g/mol. The first-order valence-corrected chi connectivity index (χ1v) is 5.82. The van der Waals surface area contributed by atoms with Gasteiger partial charge in [-0.25, -0.2) is 4.39 Å². The van der Waals surface area contributed by atoms with Crippen molar-refractivity contribution in [2.24, 2.45) is 11.7 Å². The molecule has 3 nitrogen and oxygen atoms in total. The molecule has 0 saturated carbocycles. The average Bonchev–Trinajstić information content (AvgIpc) is 2.27. The lowest BCUT2D eigenvalue weighted by Gasteiger charge is -2.24. The Kier molecular flexibility index (Phi) is 5.38. The zero-order valence-electron chi connectivity index (χ0n) is 10.3. The molecule has 2 atom stereocenters. The SMILES string of the molecule is CC(C)CC(N)C(CO)Oc1ccccc1F. The van der Waals surface area contributed by atoms with Crippen molar-refractivity contribution in [1.29, 1.82) is 0 Å². The van der Waals surface area contributed by atoms with E-state index in [0.717, 1.165) is 6.42 Å². The molecule has 2 unspecified atom stereocenters. The van der Waals surface area contributed by atoms with Crippen molar-refractivity contribution in [3.8, 4) is 5.75 Å². The normalized spacial score (nSPS) is 14.7. The maximum Gasteiger partial charge on any atom is 0.165 e. The molecule has 0 saturated heterocycles. The van der Waals surface area contributed by atoms with Crippen molar-refractivity contribution in [3.63, 3.8) is 0 Å². The molecular weight excluding hydrogens is 221 g/mol. The van der Waals surface area contributed by atoms with Crippen LogP contribution in [0.4, 0.5) is 4.39 Å². The summed E-state index contributed by atoms with van der Waals surface area (Å²) >= 11 is 0. The molecule has 1 aromatic rings. The second-order valence-corrected chi connectivity index (χ2v) is 4.56. The smallest absolute Gasteiger partial charge is 0.165 e. The van der Waals surface area contributed by atoms with Gasteiger partial charge in [0.1, 0.15) is 6.10 Å². The van der Waals surface area contributed by atoms with Crippen molar-refractivity contribution in [2.75, 3.05) is 6.61 Å². The first-order chi connectivity index (χ1) is 8.04. The van der Waals surface area contributed by atoms with Crippen LogP contribution in [0.3, 0.4) is 0 Å². The Morgan fingerprint density at radius 2 is 2.00 bits per heavy atom. The van der Waals surface area contributed by atoms with E-state index in [1.807, 2.05) is 13.8 Å². The molecule has 0 aromatic heterocycles. The molecule has 0 aliphatic carbocycles. The van der Waals surface area contributed by atoms with Gasteiger partial charge in [0.25, 0.3) is 0 Å². The summed E-state index contributed by atoms with van der Waals surface area (Å²) in [6.07, 6.45) is 0.147. The molecular formula is C13H20FNO2. The number of para-hydroxylation sites is 1. The second-order valence-electron chi connectivity index (χ2n) is 4.56. The number of nitrogens with two attached hydrogens (primary N) is 1. The molecule has 4 heteroatoms. The molecule has 1 rings (SSSR count). The van der Waals surface area contributed by atoms with Gasteiger partial charge in [-0.1, -0.05) is 26.0 Å². The van der Waals surface area contributed by atoms with Crippen LogP contribution >= 0.6 is 0 Å². The van der Waals surface area contributed by atoms with Crippen molar-refractivity contribution in [3.05, 3.63) is 30.1 Å². The van der Waals surface area contributed by atoms with Gasteiger partial charge in [0.15, 0.2) is 11.6 Å². The van der Waals surface area contributed by atoms with E-state index in [1.165, 1.54) is 12.1 Å². The lowest BCUT2D eigenvalue weighted by molar-refractivity contribution is 0.0847. The van der Waals surface area contributed by atoms with Crippen LogP contribution in [0.15, 0.2) is 24.3 Å². The van der Waals surface area contributed by atoms with Gasteiger partial charge >= 0.3 is 0 Å². The van der Waals surface area contributed by atoms with Gasteiger partial charge in [-0.2, -0.15) is 0 Å². The number of aliphatic hydroxyl groups excluding tert-OH is 1. The summed E-state index contributed by atoms with van der Waals surface area (Å²) in [5.41, 5.74) is 5.92. The zero-order chi connectivity index (χ0) is 12.8. The standard InChI is InChI=1S/C13H20FNO2/c1-9(2)7-11(15)13(8-16)17-12-6-4-3-5-10(12)14/h3-6,9,11,13,16H,7-8,15H2,1-2H3. The van der Waals surface area contributed by atoms with Crippen LogP contribution < -0.4 is 10.5 Å². The highest BCUT2D eigenvalue weighted by molar-refractivity contribution is 5.24. The number of ether oxygens (including phenoxy) is 1. The van der Waals surface area contributed by atoms with Crippen LogP contribution in [0, 0.1) is 11.7 Å². The number of hydrogen-bond acceptors (Lipinski definition) is 3. The van der Waals surface area contributed by atoms with Gasteiger partial charge in [-0.05, 0) is 24.5 Å². The highest BCUT2D eigenvalue weighted by atomic mass is 19.1. The third-order valence-electron chi connectivity index (χ3n) is 2.52. The first-order valence-electron chi connectivity index (χ1n) is 5.82. The summed E-state index contributed by atoms with van der Waals surface area (Å²) in [6, 6.07) is 5.81. The molecule has 1 aromatic carbocycles. The van der Waals surface area contributed by atoms with E-state index in [1.54, 1.807) is 12.1 Å². The maximum absolute atomic E-state index is 13.4. The Morgan fingerprint density at radius 1 is 1.35 bits per heavy atom. The molecule has 96 valence electrons. The molecule has 0 aliphatic heterocycles. The Balaban J connectivity index is 2.66. The predicted octanol–water partition coefficient (Wildman–Crippen LogP) is 1.94. The number of halogens is 1. The Bertz CT molecular complexity index is 344. The second kappa shape index (κ2) is 6.57. The van der Waals surface area contributed by atoms with Crippen LogP contribution in [0.25, 0.3) is 0 Å². The third kappa shape index (κ3) is 4.32. The topological polar surface area (TPSA) is 55.5 Å². The van der Waals surface area contributed by atoms with Gasteiger partial charge in [-0.3, -0.25) is 0 Å². The number of aliphatic hydroxyl groups is 1. The first kappa shape index (κ1) is 13.9. The molecule has 0 amide bonds. The highest BCUT2D eigenvalue weighted by Gasteiger charge is 2.20. The van der Waals surface area contributed by atoms with Crippen molar-refractivity contribution >= 4 is 0 Å². The fourth-order valence-electron chi connectivity index (χ4n) is 1.66. The van der Waals surface area contributed by atoms with Gasteiger partial charge in [0.2, 0.25) is 0 Å². The minimum Gasteiger partial charge on any atom is -0.483 e. The summed E-state index contributed by atoms with van der Waals surface area (Å²) in [5, 5.41) is 9.23. The highest BCUT2D eigenvalue weighted by Crippen LogP contribution is 2.19. The van der Waals surface area contributed by atoms with Gasteiger partial charge in [-0.15, -0.1) is 0 Å². The van der Waals surface area contributed by atoms with Crippen LogP contribution in [-0.2, 0) is 0 Å². The minimum atomic E-state index is -0.575. The summed E-state index contributed by atoms with van der Waals surface area (Å²) < 4.78 is 18.8. The van der Waals surface area contributed by atoms with E-state index in [-0.39, 0.29) is 18.4 Å². The van der Waals surface area contributed by atoms with Crippen molar-refractivity contribution in [1.82, 2.24) is 0 Å².